The molecule has 23 heavy (non-hydrogen) atoms. The number of hydrogen-bond acceptors (Lipinski definition) is 2. The van der Waals surface area contributed by atoms with Gasteiger partial charge in [-0.1, -0.05) is 13.8 Å². The molecular weight excluding hydrogens is 324 g/mol. The summed E-state index contributed by atoms with van der Waals surface area (Å²) < 4.78 is 77.1. The minimum atomic E-state index is -4.93. The van der Waals surface area contributed by atoms with Gasteiger partial charge in [-0.3, -0.25) is 4.79 Å². The van der Waals surface area contributed by atoms with E-state index >= 15 is 0 Å². The molecule has 1 atom stereocenters. The van der Waals surface area contributed by atoms with Crippen molar-refractivity contribution in [3.63, 3.8) is 0 Å². The third kappa shape index (κ3) is 5.53. The highest BCUT2D eigenvalue weighted by Crippen LogP contribution is 2.37. The lowest BCUT2D eigenvalue weighted by atomic mass is 9.91. The van der Waals surface area contributed by atoms with E-state index in [-0.39, 0.29) is 24.2 Å². The highest BCUT2D eigenvalue weighted by atomic mass is 19.4. The number of carbonyl (C=O) groups excluding carboxylic acids is 1. The number of halogens is 6. The first-order valence-electron chi connectivity index (χ1n) is 6.85. The number of carbonyl (C=O) groups is 1. The summed E-state index contributed by atoms with van der Waals surface area (Å²) >= 11 is 0. The van der Waals surface area contributed by atoms with Gasteiger partial charge in [0.15, 0.2) is 0 Å². The van der Waals surface area contributed by atoms with Gasteiger partial charge < -0.3 is 5.32 Å². The smallest absolute Gasteiger partial charge is 0.313 e. The van der Waals surface area contributed by atoms with E-state index in [2.05, 4.69) is 5.32 Å². The van der Waals surface area contributed by atoms with Crippen LogP contribution in [0.15, 0.2) is 18.2 Å². The molecule has 1 aromatic carbocycles. The molecule has 0 aliphatic heterocycles. The molecule has 1 rings (SSSR count). The summed E-state index contributed by atoms with van der Waals surface area (Å²) in [6.07, 6.45) is -9.86. The van der Waals surface area contributed by atoms with E-state index in [4.69, 9.17) is 0 Å². The van der Waals surface area contributed by atoms with Crippen LogP contribution in [-0.4, -0.2) is 18.4 Å². The zero-order valence-corrected chi connectivity index (χ0v) is 12.8. The second-order valence-corrected chi connectivity index (χ2v) is 5.57. The Morgan fingerprint density at radius 1 is 1.00 bits per heavy atom. The average Bonchev–Trinajstić information content (AvgIpc) is 2.35. The second-order valence-electron chi connectivity index (χ2n) is 5.57. The van der Waals surface area contributed by atoms with Crippen LogP contribution >= 0.6 is 0 Å². The molecule has 130 valence electrons. The summed E-state index contributed by atoms with van der Waals surface area (Å²) in [5.41, 5.74) is -3.14. The van der Waals surface area contributed by atoms with Gasteiger partial charge in [-0.25, -0.2) is 0 Å². The number of benzene rings is 1. The van der Waals surface area contributed by atoms with E-state index in [9.17, 15) is 31.1 Å². The van der Waals surface area contributed by atoms with Gasteiger partial charge in [-0.2, -0.15) is 26.3 Å². The van der Waals surface area contributed by atoms with Crippen molar-refractivity contribution in [2.75, 3.05) is 6.54 Å². The number of hydrogen-bond donors (Lipinski definition) is 1. The Morgan fingerprint density at radius 3 is 1.74 bits per heavy atom. The molecule has 1 aromatic rings. The third-order valence-electron chi connectivity index (χ3n) is 3.23. The number of Topliss-reactive ketones (excluding diaryl/α,β-unsaturated/α-hetero) is 1. The van der Waals surface area contributed by atoms with Gasteiger partial charge in [0.1, 0.15) is 5.78 Å². The Bertz CT molecular complexity index is 530. The van der Waals surface area contributed by atoms with Crippen LogP contribution in [0.2, 0.25) is 0 Å². The average molecular weight is 341 g/mol. The molecule has 2 nitrogen and oxygen atoms in total. The predicted octanol–water partition coefficient (Wildman–Crippen LogP) is 4.39. The van der Waals surface area contributed by atoms with Crippen LogP contribution < -0.4 is 5.32 Å². The van der Waals surface area contributed by atoms with Crippen molar-refractivity contribution < 1.29 is 31.1 Å². The van der Waals surface area contributed by atoms with Crippen molar-refractivity contribution in [3.05, 3.63) is 34.9 Å². The van der Waals surface area contributed by atoms with Gasteiger partial charge in [-0.05, 0) is 30.7 Å². The molecule has 0 fully saturated rings. The number of nitrogens with one attached hydrogen (secondary N) is 1. The fourth-order valence-electron chi connectivity index (χ4n) is 2.03. The minimum absolute atomic E-state index is 0.0361. The summed E-state index contributed by atoms with van der Waals surface area (Å²) in [6.45, 7) is 4.61. The SMILES string of the molecule is CC(=O)C(CNC(C)C)c1cc(C(F)(F)F)cc(C(F)(F)F)c1. The van der Waals surface area contributed by atoms with Crippen LogP contribution in [-0.2, 0) is 17.1 Å². The van der Waals surface area contributed by atoms with Crippen molar-refractivity contribution in [2.24, 2.45) is 0 Å². The number of ketones is 1. The zero-order chi connectivity index (χ0) is 18.0. The second kappa shape index (κ2) is 6.90. The fraction of sp³-hybridized carbons (Fsp3) is 0.533. The standard InChI is InChI=1S/C15H17F6NO/c1-8(2)22-7-13(9(3)23)10-4-11(14(16,17)18)6-12(5-10)15(19,20)21/h4-6,8,13,22H,7H2,1-3H3. The molecule has 0 bridgehead atoms. The van der Waals surface area contributed by atoms with Crippen molar-refractivity contribution in [1.82, 2.24) is 5.32 Å². The number of rotatable bonds is 5. The molecule has 0 heterocycles. The molecule has 1 N–H and O–H groups in total. The van der Waals surface area contributed by atoms with Gasteiger partial charge in [0.05, 0.1) is 17.0 Å². The molecular formula is C15H17F6NO. The van der Waals surface area contributed by atoms with E-state index in [1.807, 2.05) is 0 Å². The van der Waals surface area contributed by atoms with Gasteiger partial charge in [0, 0.05) is 12.6 Å². The number of alkyl halides is 6. The Hall–Kier alpha value is -1.57. The van der Waals surface area contributed by atoms with Crippen molar-refractivity contribution in [1.29, 1.82) is 0 Å². The lowest BCUT2D eigenvalue weighted by Gasteiger charge is -2.20. The van der Waals surface area contributed by atoms with E-state index in [1.165, 1.54) is 0 Å². The van der Waals surface area contributed by atoms with Crippen LogP contribution in [0.1, 0.15) is 43.4 Å². The van der Waals surface area contributed by atoms with Crippen LogP contribution in [0.25, 0.3) is 0 Å². The van der Waals surface area contributed by atoms with E-state index in [0.29, 0.717) is 12.1 Å². The molecule has 0 radical (unpaired) electrons. The van der Waals surface area contributed by atoms with Crippen LogP contribution in [0, 0.1) is 0 Å². The van der Waals surface area contributed by atoms with E-state index < -0.39 is 35.2 Å². The first kappa shape index (κ1) is 19.5. The Kier molecular flexibility index (Phi) is 5.84. The third-order valence-corrected chi connectivity index (χ3v) is 3.23. The maximum Gasteiger partial charge on any atom is 0.416 e. The molecule has 0 amide bonds. The quantitative estimate of drug-likeness (QED) is 0.805. The fourth-order valence-corrected chi connectivity index (χ4v) is 2.03. The Balaban J connectivity index is 3.39. The topological polar surface area (TPSA) is 29.1 Å². The summed E-state index contributed by atoms with van der Waals surface area (Å²) in [4.78, 5) is 11.7. The van der Waals surface area contributed by atoms with Crippen molar-refractivity contribution >= 4 is 5.78 Å². The Labute approximate surface area is 129 Å². The van der Waals surface area contributed by atoms with E-state index in [0.717, 1.165) is 6.92 Å². The van der Waals surface area contributed by atoms with Gasteiger partial charge >= 0.3 is 12.4 Å². The molecule has 0 saturated carbocycles. The van der Waals surface area contributed by atoms with Crippen molar-refractivity contribution in [2.45, 2.75) is 45.1 Å². The normalized spacial score (nSPS) is 14.2. The maximum atomic E-state index is 12.8. The van der Waals surface area contributed by atoms with Gasteiger partial charge in [0.2, 0.25) is 0 Å². The van der Waals surface area contributed by atoms with Crippen molar-refractivity contribution in [3.8, 4) is 0 Å². The molecule has 0 aliphatic rings. The lowest BCUT2D eigenvalue weighted by molar-refractivity contribution is -0.143. The highest BCUT2D eigenvalue weighted by molar-refractivity contribution is 5.83. The maximum absolute atomic E-state index is 12.8. The highest BCUT2D eigenvalue weighted by Gasteiger charge is 2.37. The monoisotopic (exact) mass is 341 g/mol. The summed E-state index contributed by atoms with van der Waals surface area (Å²) in [6, 6.07) is 1.19. The van der Waals surface area contributed by atoms with Gasteiger partial charge in [-0.15, -0.1) is 0 Å². The van der Waals surface area contributed by atoms with E-state index in [1.54, 1.807) is 13.8 Å². The lowest BCUT2D eigenvalue weighted by Crippen LogP contribution is -2.31. The first-order valence-corrected chi connectivity index (χ1v) is 6.85. The van der Waals surface area contributed by atoms with Gasteiger partial charge in [0.25, 0.3) is 0 Å². The Morgan fingerprint density at radius 2 is 1.43 bits per heavy atom. The predicted molar refractivity (Wildman–Crippen MR) is 73.0 cm³/mol. The molecule has 0 spiro atoms. The zero-order valence-electron chi connectivity index (χ0n) is 12.8. The summed E-state index contributed by atoms with van der Waals surface area (Å²) in [5, 5.41) is 2.86. The van der Waals surface area contributed by atoms with Crippen LogP contribution in [0.5, 0.6) is 0 Å². The molecule has 0 saturated heterocycles. The van der Waals surface area contributed by atoms with Crippen LogP contribution in [0.3, 0.4) is 0 Å². The molecule has 0 aromatic heterocycles. The summed E-state index contributed by atoms with van der Waals surface area (Å²) in [5.74, 6) is -1.59. The minimum Gasteiger partial charge on any atom is -0.313 e. The largest absolute Gasteiger partial charge is 0.416 e. The molecule has 8 heteroatoms. The molecule has 1 unspecified atom stereocenters. The van der Waals surface area contributed by atoms with Crippen LogP contribution in [0.4, 0.5) is 26.3 Å². The summed E-state index contributed by atoms with van der Waals surface area (Å²) in [7, 11) is 0. The first-order chi connectivity index (χ1) is 10.3. The molecule has 0 aliphatic carbocycles.